The molecule has 0 bridgehead atoms. The van der Waals surface area contributed by atoms with E-state index >= 15 is 0 Å². The van der Waals surface area contributed by atoms with Gasteiger partial charge in [0.15, 0.2) is 0 Å². The van der Waals surface area contributed by atoms with Crippen LogP contribution in [0.4, 0.5) is 26.3 Å². The number of carbonyl (C=O) groups is 1. The summed E-state index contributed by atoms with van der Waals surface area (Å²) >= 11 is 0. The zero-order valence-corrected chi connectivity index (χ0v) is 12.4. The van der Waals surface area contributed by atoms with E-state index in [4.69, 9.17) is 0 Å². The number of aryl methyl sites for hydroxylation is 1. The van der Waals surface area contributed by atoms with Gasteiger partial charge in [-0.25, -0.2) is 9.78 Å². The minimum absolute atomic E-state index is 0.00262. The third-order valence-corrected chi connectivity index (χ3v) is 2.97. The molecule has 0 aliphatic carbocycles. The monoisotopic (exact) mass is 365 g/mol. The molecule has 1 aromatic carbocycles. The zero-order chi connectivity index (χ0) is 18.8. The Hall–Kier alpha value is -2.85. The maximum Gasteiger partial charge on any atom is 0.416 e. The molecule has 134 valence electrons. The van der Waals surface area contributed by atoms with Crippen LogP contribution in [0, 0.1) is 0 Å². The summed E-state index contributed by atoms with van der Waals surface area (Å²) in [5.41, 5.74) is -3.53. The Morgan fingerprint density at radius 1 is 1.12 bits per heavy atom. The fourth-order valence-electron chi connectivity index (χ4n) is 1.79. The molecule has 25 heavy (non-hydrogen) atoms. The van der Waals surface area contributed by atoms with Gasteiger partial charge in [-0.05, 0) is 23.8 Å². The highest BCUT2D eigenvalue weighted by Crippen LogP contribution is 2.36. The number of hydrogen-bond donors (Lipinski definition) is 0. The second kappa shape index (κ2) is 6.57. The van der Waals surface area contributed by atoms with E-state index in [0.717, 1.165) is 6.20 Å². The lowest BCUT2D eigenvalue weighted by Crippen LogP contribution is -2.12. The Balaban J connectivity index is 2.26. The molecule has 0 saturated heterocycles. The second-order valence-electron chi connectivity index (χ2n) is 4.84. The number of oxime groups is 1. The lowest BCUT2D eigenvalue weighted by atomic mass is 10.1. The first-order valence-corrected chi connectivity index (χ1v) is 6.49. The van der Waals surface area contributed by atoms with Crippen molar-refractivity contribution in [3.63, 3.8) is 0 Å². The molecule has 0 aliphatic rings. The molecule has 2 aromatic rings. The van der Waals surface area contributed by atoms with E-state index in [9.17, 15) is 31.1 Å². The number of carbonyl (C=O) groups excluding carboxylic acids is 1. The number of aromatic nitrogens is 2. The molecule has 0 radical (unpaired) electrons. The summed E-state index contributed by atoms with van der Waals surface area (Å²) in [4.78, 5) is 19.7. The van der Waals surface area contributed by atoms with Gasteiger partial charge >= 0.3 is 18.3 Å². The summed E-state index contributed by atoms with van der Waals surface area (Å²) in [6.45, 7) is 0. The van der Waals surface area contributed by atoms with Crippen LogP contribution < -0.4 is 0 Å². The van der Waals surface area contributed by atoms with Crippen LogP contribution in [0.3, 0.4) is 0 Å². The minimum atomic E-state index is -4.98. The van der Waals surface area contributed by atoms with Crippen LogP contribution in [0.15, 0.2) is 35.9 Å². The predicted molar refractivity (Wildman–Crippen MR) is 72.7 cm³/mol. The maximum atomic E-state index is 12.7. The van der Waals surface area contributed by atoms with Gasteiger partial charge in [-0.2, -0.15) is 26.3 Å². The Bertz CT molecular complexity index is 775. The lowest BCUT2D eigenvalue weighted by molar-refractivity contribution is -0.143. The van der Waals surface area contributed by atoms with Crippen molar-refractivity contribution in [2.45, 2.75) is 12.4 Å². The smallest absolute Gasteiger partial charge is 0.328 e. The lowest BCUT2D eigenvalue weighted by Gasteiger charge is -2.12. The Morgan fingerprint density at radius 3 is 2.12 bits per heavy atom. The molecule has 1 aromatic heterocycles. The molecular weight excluding hydrogens is 356 g/mol. The number of benzene rings is 1. The topological polar surface area (TPSA) is 56.5 Å². The molecule has 11 heteroatoms. The highest BCUT2D eigenvalue weighted by molar-refractivity contribution is 5.88. The quantitative estimate of drug-likeness (QED) is 0.361. The van der Waals surface area contributed by atoms with Crippen molar-refractivity contribution in [1.29, 1.82) is 0 Å². The molecule has 0 spiro atoms. The molecule has 0 aliphatic heterocycles. The Kier molecular flexibility index (Phi) is 4.86. The van der Waals surface area contributed by atoms with Crippen molar-refractivity contribution >= 4 is 12.2 Å². The van der Waals surface area contributed by atoms with Gasteiger partial charge < -0.3 is 9.40 Å². The van der Waals surface area contributed by atoms with Gasteiger partial charge in [0.2, 0.25) is 0 Å². The van der Waals surface area contributed by atoms with Crippen LogP contribution in [-0.4, -0.2) is 21.7 Å². The van der Waals surface area contributed by atoms with Gasteiger partial charge in [-0.15, -0.1) is 0 Å². The normalized spacial score (nSPS) is 12.6. The van der Waals surface area contributed by atoms with Crippen LogP contribution in [0.5, 0.6) is 0 Å². The average Bonchev–Trinajstić information content (AvgIpc) is 2.91. The van der Waals surface area contributed by atoms with Gasteiger partial charge in [0.05, 0.1) is 29.9 Å². The SMILES string of the molecule is Cn1cncc1C(=O)ON=Cc1cc(C(F)(F)F)cc(C(F)(F)F)c1. The van der Waals surface area contributed by atoms with Gasteiger partial charge in [-0.3, -0.25) is 0 Å². The molecule has 0 N–H and O–H groups in total. The molecule has 2 rings (SSSR count). The van der Waals surface area contributed by atoms with Gasteiger partial charge in [0, 0.05) is 7.05 Å². The molecule has 0 atom stereocenters. The summed E-state index contributed by atoms with van der Waals surface area (Å²) < 4.78 is 77.6. The Morgan fingerprint density at radius 2 is 1.68 bits per heavy atom. The third kappa shape index (κ3) is 4.58. The first kappa shape index (κ1) is 18.5. The molecule has 5 nitrogen and oxygen atoms in total. The summed E-state index contributed by atoms with van der Waals surface area (Å²) in [7, 11) is 1.48. The molecule has 1 heterocycles. The minimum Gasteiger partial charge on any atom is -0.328 e. The summed E-state index contributed by atoms with van der Waals surface area (Å²) in [5.74, 6) is -0.973. The van der Waals surface area contributed by atoms with Crippen molar-refractivity contribution in [2.24, 2.45) is 12.2 Å². The third-order valence-electron chi connectivity index (χ3n) is 2.97. The number of rotatable bonds is 3. The fraction of sp³-hybridized carbons (Fsp3) is 0.214. The number of halogens is 6. The predicted octanol–water partition coefficient (Wildman–Crippen LogP) is 3.65. The van der Waals surface area contributed by atoms with E-state index in [1.54, 1.807) is 0 Å². The highest BCUT2D eigenvalue weighted by atomic mass is 19.4. The Labute approximate surface area is 136 Å². The van der Waals surface area contributed by atoms with Crippen molar-refractivity contribution in [3.05, 3.63) is 53.1 Å². The van der Waals surface area contributed by atoms with E-state index in [0.29, 0.717) is 18.3 Å². The molecule has 0 saturated carbocycles. The number of imidazole rings is 1. The number of alkyl halides is 6. The molecule has 0 unspecified atom stereocenters. The van der Waals surface area contributed by atoms with E-state index in [-0.39, 0.29) is 11.8 Å². The van der Waals surface area contributed by atoms with Crippen LogP contribution in [0.25, 0.3) is 0 Å². The van der Waals surface area contributed by atoms with Crippen LogP contribution in [0.1, 0.15) is 27.2 Å². The van der Waals surface area contributed by atoms with Gasteiger partial charge in [0.1, 0.15) is 5.69 Å². The van der Waals surface area contributed by atoms with Crippen LogP contribution in [-0.2, 0) is 24.2 Å². The van der Waals surface area contributed by atoms with Crippen LogP contribution >= 0.6 is 0 Å². The van der Waals surface area contributed by atoms with E-state index in [1.807, 2.05) is 0 Å². The van der Waals surface area contributed by atoms with Crippen molar-refractivity contribution in [3.8, 4) is 0 Å². The zero-order valence-electron chi connectivity index (χ0n) is 12.4. The van der Waals surface area contributed by atoms with E-state index in [2.05, 4.69) is 15.0 Å². The van der Waals surface area contributed by atoms with E-state index in [1.165, 1.54) is 17.9 Å². The first-order chi connectivity index (χ1) is 11.5. The molecule has 0 amide bonds. The first-order valence-electron chi connectivity index (χ1n) is 6.49. The van der Waals surface area contributed by atoms with Crippen LogP contribution in [0.2, 0.25) is 0 Å². The van der Waals surface area contributed by atoms with Crippen molar-refractivity contribution in [2.75, 3.05) is 0 Å². The molecule has 0 fully saturated rings. The summed E-state index contributed by atoms with van der Waals surface area (Å²) in [6.07, 6.45) is -6.92. The summed E-state index contributed by atoms with van der Waals surface area (Å²) in [5, 5.41) is 3.13. The number of nitrogens with zero attached hydrogens (tertiary/aromatic N) is 3. The van der Waals surface area contributed by atoms with Gasteiger partial charge in [0.25, 0.3) is 0 Å². The second-order valence-corrected chi connectivity index (χ2v) is 4.84. The fourth-order valence-corrected chi connectivity index (χ4v) is 1.79. The molecular formula is C14H9F6N3O2. The largest absolute Gasteiger partial charge is 0.416 e. The van der Waals surface area contributed by atoms with Crippen molar-refractivity contribution < 1.29 is 36.0 Å². The van der Waals surface area contributed by atoms with Crippen molar-refractivity contribution in [1.82, 2.24) is 9.55 Å². The summed E-state index contributed by atoms with van der Waals surface area (Å²) in [6, 6.07) is 0.895. The van der Waals surface area contributed by atoms with E-state index < -0.39 is 35.0 Å². The standard InChI is InChI=1S/C14H9F6N3O2/c1-23-7-21-6-11(23)12(24)25-22-5-8-2-9(13(15,16)17)4-10(3-8)14(18,19)20/h2-7H,1H3. The highest BCUT2D eigenvalue weighted by Gasteiger charge is 2.36. The van der Waals surface area contributed by atoms with Gasteiger partial charge in [-0.1, -0.05) is 5.16 Å². The number of hydrogen-bond acceptors (Lipinski definition) is 4. The maximum absolute atomic E-state index is 12.7. The average molecular weight is 365 g/mol.